The molecule has 4 amide bonds. The van der Waals surface area contributed by atoms with Crippen molar-refractivity contribution < 1.29 is 14.4 Å². The molecule has 0 aromatic heterocycles. The van der Waals surface area contributed by atoms with Crippen LogP contribution >= 0.6 is 15.9 Å². The van der Waals surface area contributed by atoms with Gasteiger partial charge in [-0.1, -0.05) is 88.7 Å². The Morgan fingerprint density at radius 3 is 2.00 bits per heavy atom. The van der Waals surface area contributed by atoms with Crippen molar-refractivity contribution in [2.75, 3.05) is 6.54 Å². The molecule has 0 radical (unpaired) electrons. The molecular formula is C25H22BrN3O3. The molecule has 0 aliphatic carbocycles. The van der Waals surface area contributed by atoms with E-state index in [-0.39, 0.29) is 12.6 Å². The molecule has 1 aliphatic heterocycles. The first kappa shape index (κ1) is 21.8. The van der Waals surface area contributed by atoms with Crippen molar-refractivity contribution in [2.45, 2.75) is 18.5 Å². The largest absolute Gasteiger partial charge is 0.348 e. The lowest BCUT2D eigenvalue weighted by molar-refractivity contribution is -0.134. The number of rotatable bonds is 6. The zero-order chi connectivity index (χ0) is 22.7. The Hall–Kier alpha value is -3.45. The van der Waals surface area contributed by atoms with Gasteiger partial charge in [0.15, 0.2) is 5.54 Å². The highest BCUT2D eigenvalue weighted by Gasteiger charge is 2.54. The fourth-order valence-electron chi connectivity index (χ4n) is 3.92. The molecule has 1 atom stereocenters. The van der Waals surface area contributed by atoms with Gasteiger partial charge >= 0.3 is 6.03 Å². The molecule has 162 valence electrons. The Morgan fingerprint density at radius 1 is 0.938 bits per heavy atom. The van der Waals surface area contributed by atoms with E-state index < -0.39 is 23.4 Å². The minimum atomic E-state index is -1.38. The standard InChI is InChI=1S/C25H22BrN3O3/c1-17(18-12-14-21(26)15-13-18)27-22(30)16-29-23(31)25(28-24(29)32,19-8-4-2-5-9-19)20-10-6-3-7-11-20/h2-15,17H,16H2,1H3,(H,27,30)(H,28,32). The number of nitrogens with one attached hydrogen (secondary N) is 2. The zero-order valence-electron chi connectivity index (χ0n) is 17.4. The molecule has 2 N–H and O–H groups in total. The van der Waals surface area contributed by atoms with Crippen LogP contribution in [0.3, 0.4) is 0 Å². The van der Waals surface area contributed by atoms with Crippen LogP contribution in [0, 0.1) is 0 Å². The fraction of sp³-hybridized carbons (Fsp3) is 0.160. The van der Waals surface area contributed by atoms with E-state index in [1.54, 1.807) is 24.3 Å². The van der Waals surface area contributed by atoms with E-state index in [1.165, 1.54) is 0 Å². The summed E-state index contributed by atoms with van der Waals surface area (Å²) in [6.07, 6.45) is 0. The zero-order valence-corrected chi connectivity index (χ0v) is 19.0. The number of hydrogen-bond donors (Lipinski definition) is 2. The molecule has 6 nitrogen and oxygen atoms in total. The summed E-state index contributed by atoms with van der Waals surface area (Å²) in [4.78, 5) is 40.2. The molecule has 0 saturated carbocycles. The number of carbonyl (C=O) groups is 3. The number of amides is 4. The van der Waals surface area contributed by atoms with Gasteiger partial charge in [0.1, 0.15) is 6.54 Å². The van der Waals surface area contributed by atoms with Crippen LogP contribution < -0.4 is 10.6 Å². The first-order valence-electron chi connectivity index (χ1n) is 10.2. The fourth-order valence-corrected chi connectivity index (χ4v) is 4.18. The van der Waals surface area contributed by atoms with Gasteiger partial charge in [-0.25, -0.2) is 4.79 Å². The van der Waals surface area contributed by atoms with Gasteiger partial charge in [-0.05, 0) is 35.7 Å². The Balaban J connectivity index is 1.58. The molecule has 1 fully saturated rings. The average Bonchev–Trinajstić information content (AvgIpc) is 3.06. The predicted molar refractivity (Wildman–Crippen MR) is 125 cm³/mol. The van der Waals surface area contributed by atoms with Gasteiger partial charge in [0.2, 0.25) is 5.91 Å². The maximum atomic E-state index is 13.6. The summed E-state index contributed by atoms with van der Waals surface area (Å²) in [6.45, 7) is 1.48. The minimum absolute atomic E-state index is 0.274. The lowest BCUT2D eigenvalue weighted by Gasteiger charge is -2.28. The van der Waals surface area contributed by atoms with E-state index in [9.17, 15) is 14.4 Å². The number of carbonyl (C=O) groups excluding carboxylic acids is 3. The van der Waals surface area contributed by atoms with Crippen molar-refractivity contribution in [1.29, 1.82) is 0 Å². The first-order valence-corrected chi connectivity index (χ1v) is 11.0. The number of hydrogen-bond acceptors (Lipinski definition) is 3. The second kappa shape index (κ2) is 8.96. The lowest BCUT2D eigenvalue weighted by Crippen LogP contribution is -2.46. The molecule has 0 spiro atoms. The van der Waals surface area contributed by atoms with E-state index >= 15 is 0 Å². The topological polar surface area (TPSA) is 78.5 Å². The molecule has 32 heavy (non-hydrogen) atoms. The van der Waals surface area contributed by atoms with Gasteiger partial charge in [-0.15, -0.1) is 0 Å². The molecule has 3 aromatic carbocycles. The summed E-state index contributed by atoms with van der Waals surface area (Å²) in [6, 6.07) is 24.8. The summed E-state index contributed by atoms with van der Waals surface area (Å²) >= 11 is 3.39. The number of urea groups is 1. The van der Waals surface area contributed by atoms with Gasteiger partial charge in [0.25, 0.3) is 5.91 Å². The lowest BCUT2D eigenvalue weighted by atomic mass is 9.82. The van der Waals surface area contributed by atoms with Crippen molar-refractivity contribution >= 4 is 33.8 Å². The van der Waals surface area contributed by atoms with Crippen LogP contribution in [-0.4, -0.2) is 29.3 Å². The maximum absolute atomic E-state index is 13.6. The Bertz CT molecular complexity index is 1090. The number of benzene rings is 3. The third kappa shape index (κ3) is 4.03. The SMILES string of the molecule is CC(NC(=O)CN1C(=O)NC(c2ccccc2)(c2ccccc2)C1=O)c1ccc(Br)cc1. The first-order chi connectivity index (χ1) is 15.4. The monoisotopic (exact) mass is 491 g/mol. The third-order valence-corrected chi connectivity index (χ3v) is 6.10. The molecule has 3 aromatic rings. The van der Waals surface area contributed by atoms with Crippen LogP contribution in [0.15, 0.2) is 89.4 Å². The molecular weight excluding hydrogens is 470 g/mol. The highest BCUT2D eigenvalue weighted by atomic mass is 79.9. The Labute approximate surface area is 194 Å². The van der Waals surface area contributed by atoms with Gasteiger partial charge in [-0.3, -0.25) is 14.5 Å². The summed E-state index contributed by atoms with van der Waals surface area (Å²) in [5.41, 5.74) is 0.810. The van der Waals surface area contributed by atoms with E-state index in [0.717, 1.165) is 14.9 Å². The molecule has 1 heterocycles. The molecule has 0 bridgehead atoms. The third-order valence-electron chi connectivity index (χ3n) is 5.57. The molecule has 7 heteroatoms. The van der Waals surface area contributed by atoms with Crippen molar-refractivity contribution in [1.82, 2.24) is 15.5 Å². The summed E-state index contributed by atoms with van der Waals surface area (Å²) in [7, 11) is 0. The molecule has 1 aliphatic rings. The quantitative estimate of drug-likeness (QED) is 0.509. The second-order valence-electron chi connectivity index (χ2n) is 7.64. The minimum Gasteiger partial charge on any atom is -0.348 e. The van der Waals surface area contributed by atoms with Gasteiger partial charge < -0.3 is 10.6 Å². The smallest absolute Gasteiger partial charge is 0.326 e. The van der Waals surface area contributed by atoms with Crippen LogP contribution in [0.5, 0.6) is 0 Å². The highest BCUT2D eigenvalue weighted by molar-refractivity contribution is 9.10. The van der Waals surface area contributed by atoms with Crippen LogP contribution in [0.1, 0.15) is 29.7 Å². The van der Waals surface area contributed by atoms with Crippen LogP contribution in [-0.2, 0) is 15.1 Å². The molecule has 4 rings (SSSR count). The van der Waals surface area contributed by atoms with Crippen molar-refractivity contribution in [3.05, 3.63) is 106 Å². The Morgan fingerprint density at radius 2 is 1.47 bits per heavy atom. The van der Waals surface area contributed by atoms with Crippen LogP contribution in [0.2, 0.25) is 0 Å². The Kier molecular flexibility index (Phi) is 6.10. The van der Waals surface area contributed by atoms with Gasteiger partial charge in [0, 0.05) is 4.47 Å². The van der Waals surface area contributed by atoms with Gasteiger partial charge in [0.05, 0.1) is 6.04 Å². The van der Waals surface area contributed by atoms with Gasteiger partial charge in [-0.2, -0.15) is 0 Å². The highest BCUT2D eigenvalue weighted by Crippen LogP contribution is 2.35. The number of imide groups is 1. The summed E-state index contributed by atoms with van der Waals surface area (Å²) in [5, 5.41) is 5.71. The number of nitrogens with zero attached hydrogens (tertiary/aromatic N) is 1. The second-order valence-corrected chi connectivity index (χ2v) is 8.56. The van der Waals surface area contributed by atoms with E-state index in [4.69, 9.17) is 0 Å². The molecule has 1 saturated heterocycles. The predicted octanol–water partition coefficient (Wildman–Crippen LogP) is 4.12. The van der Waals surface area contributed by atoms with E-state index in [0.29, 0.717) is 11.1 Å². The van der Waals surface area contributed by atoms with Crippen molar-refractivity contribution in [3.8, 4) is 0 Å². The van der Waals surface area contributed by atoms with Crippen molar-refractivity contribution in [2.24, 2.45) is 0 Å². The number of halogens is 1. The van der Waals surface area contributed by atoms with Crippen LogP contribution in [0.25, 0.3) is 0 Å². The van der Waals surface area contributed by atoms with Crippen LogP contribution in [0.4, 0.5) is 4.79 Å². The normalized spacial score (nSPS) is 15.9. The summed E-state index contributed by atoms with van der Waals surface area (Å²) < 4.78 is 0.942. The molecule has 1 unspecified atom stereocenters. The average molecular weight is 492 g/mol. The van der Waals surface area contributed by atoms with E-state index in [1.807, 2.05) is 67.6 Å². The van der Waals surface area contributed by atoms with Crippen molar-refractivity contribution in [3.63, 3.8) is 0 Å². The van der Waals surface area contributed by atoms with E-state index in [2.05, 4.69) is 26.6 Å². The summed E-state index contributed by atoms with van der Waals surface area (Å²) in [5.74, 6) is -0.896. The maximum Gasteiger partial charge on any atom is 0.326 e.